The van der Waals surface area contributed by atoms with Gasteiger partial charge in [0.1, 0.15) is 11.6 Å². The van der Waals surface area contributed by atoms with Crippen molar-refractivity contribution in [2.75, 3.05) is 39.8 Å². The molecule has 2 aromatic carbocycles. The predicted molar refractivity (Wildman–Crippen MR) is 118 cm³/mol. The largest absolute Gasteiger partial charge is 0.497 e. The molecule has 1 N–H and O–H groups in total. The van der Waals surface area contributed by atoms with Crippen LogP contribution < -0.4 is 10.1 Å². The van der Waals surface area contributed by atoms with E-state index in [1.807, 2.05) is 36.4 Å². The Kier molecular flexibility index (Phi) is 8.08. The Morgan fingerprint density at radius 2 is 1.83 bits per heavy atom. The van der Waals surface area contributed by atoms with Crippen molar-refractivity contribution in [1.82, 2.24) is 14.8 Å². The minimum absolute atomic E-state index is 0.150. The number of benzene rings is 2. The Morgan fingerprint density at radius 1 is 1.07 bits per heavy atom. The molecule has 2 heterocycles. The molecule has 4 rings (SSSR count). The van der Waals surface area contributed by atoms with Crippen LogP contribution in [0.5, 0.6) is 5.75 Å². The van der Waals surface area contributed by atoms with E-state index in [9.17, 15) is 4.39 Å². The number of halogens is 1. The van der Waals surface area contributed by atoms with Gasteiger partial charge >= 0.3 is 0 Å². The Hall–Kier alpha value is -2.37. The van der Waals surface area contributed by atoms with Gasteiger partial charge < -0.3 is 19.5 Å². The van der Waals surface area contributed by atoms with Gasteiger partial charge in [0.05, 0.1) is 12.6 Å². The Bertz CT molecular complexity index is 872. The summed E-state index contributed by atoms with van der Waals surface area (Å²) in [7, 11) is 1.66. The number of aromatic nitrogens is 1. The van der Waals surface area contributed by atoms with Crippen LogP contribution in [0, 0.1) is 5.82 Å². The summed E-state index contributed by atoms with van der Waals surface area (Å²) in [5.41, 5.74) is 2.37. The molecule has 1 saturated heterocycles. The molecule has 1 aromatic heterocycles. The van der Waals surface area contributed by atoms with Gasteiger partial charge in [-0.25, -0.2) is 4.39 Å². The van der Waals surface area contributed by atoms with Crippen molar-refractivity contribution in [2.24, 2.45) is 0 Å². The molecule has 1 fully saturated rings. The molecule has 0 radical (unpaired) electrons. The number of rotatable bonds is 6. The van der Waals surface area contributed by atoms with E-state index in [2.05, 4.69) is 27.9 Å². The fraction of sp³-hybridized carbons (Fsp3) is 0.417. The number of ether oxygens (including phenoxy) is 1. The molecule has 156 valence electrons. The average molecular weight is 398 g/mol. The van der Waals surface area contributed by atoms with E-state index in [0.717, 1.165) is 57.0 Å². The van der Waals surface area contributed by atoms with Gasteiger partial charge in [0, 0.05) is 44.3 Å². The van der Waals surface area contributed by atoms with Crippen molar-refractivity contribution >= 4 is 10.9 Å². The molecular weight excluding hydrogens is 365 g/mol. The third-order valence-corrected chi connectivity index (χ3v) is 5.38. The van der Waals surface area contributed by atoms with Crippen molar-refractivity contribution < 1.29 is 9.13 Å². The lowest BCUT2D eigenvalue weighted by molar-refractivity contribution is 0.238. The van der Waals surface area contributed by atoms with Gasteiger partial charge in [0.2, 0.25) is 0 Å². The average Bonchev–Trinajstić information content (AvgIpc) is 3.12. The molecule has 0 saturated carbocycles. The first-order valence-electron chi connectivity index (χ1n) is 10.5. The van der Waals surface area contributed by atoms with Crippen LogP contribution in [0.25, 0.3) is 10.9 Å². The number of nitrogens with one attached hydrogen (secondary N) is 1. The third-order valence-electron chi connectivity index (χ3n) is 5.38. The first-order valence-corrected chi connectivity index (χ1v) is 10.5. The minimum atomic E-state index is -0.150. The van der Waals surface area contributed by atoms with Crippen LogP contribution in [0.2, 0.25) is 0 Å². The molecule has 0 spiro atoms. The quantitative estimate of drug-likeness (QED) is 0.671. The maximum Gasteiger partial charge on any atom is 0.125 e. The smallest absolute Gasteiger partial charge is 0.125 e. The van der Waals surface area contributed by atoms with Crippen LogP contribution >= 0.6 is 0 Å². The Labute approximate surface area is 173 Å². The number of fused-ring (bicyclic) bond motifs is 1. The highest BCUT2D eigenvalue weighted by Gasteiger charge is 2.11. The third kappa shape index (κ3) is 6.05. The first kappa shape index (κ1) is 21.3. The van der Waals surface area contributed by atoms with E-state index in [1.165, 1.54) is 17.4 Å². The van der Waals surface area contributed by atoms with Crippen LogP contribution in [0.15, 0.2) is 54.7 Å². The molecule has 0 atom stereocenters. The fourth-order valence-corrected chi connectivity index (χ4v) is 3.79. The predicted octanol–water partition coefficient (Wildman–Crippen LogP) is 4.33. The molecule has 3 aromatic rings. The van der Waals surface area contributed by atoms with Gasteiger partial charge in [0.15, 0.2) is 0 Å². The van der Waals surface area contributed by atoms with E-state index in [0.29, 0.717) is 0 Å². The van der Waals surface area contributed by atoms with Crippen molar-refractivity contribution in [3.63, 3.8) is 0 Å². The molecule has 0 amide bonds. The first-order chi connectivity index (χ1) is 14.2. The number of hydrogen-bond acceptors (Lipinski definition) is 3. The van der Waals surface area contributed by atoms with Crippen LogP contribution in [-0.2, 0) is 13.0 Å². The van der Waals surface area contributed by atoms with Gasteiger partial charge in [0.25, 0.3) is 0 Å². The van der Waals surface area contributed by atoms with Gasteiger partial charge in [-0.2, -0.15) is 0 Å². The summed E-state index contributed by atoms with van der Waals surface area (Å²) < 4.78 is 20.5. The van der Waals surface area contributed by atoms with Crippen molar-refractivity contribution in [3.05, 3.63) is 66.1 Å². The maximum absolute atomic E-state index is 13.4. The van der Waals surface area contributed by atoms with E-state index in [-0.39, 0.29) is 5.82 Å². The summed E-state index contributed by atoms with van der Waals surface area (Å²) in [5.74, 6) is 0.759. The van der Waals surface area contributed by atoms with Gasteiger partial charge in [-0.3, -0.25) is 0 Å². The lowest BCUT2D eigenvalue weighted by Crippen LogP contribution is -2.43. The molecule has 1 aliphatic heterocycles. The second kappa shape index (κ2) is 11.0. The summed E-state index contributed by atoms with van der Waals surface area (Å²) in [6.07, 6.45) is 4.43. The lowest BCUT2D eigenvalue weighted by atomic mass is 10.1. The summed E-state index contributed by atoms with van der Waals surface area (Å²) in [6, 6.07) is 14.8. The number of hydrogen-bond donors (Lipinski definition) is 1. The van der Waals surface area contributed by atoms with E-state index >= 15 is 0 Å². The molecule has 4 nitrogen and oxygen atoms in total. The lowest BCUT2D eigenvalue weighted by Gasteiger charge is -2.26. The van der Waals surface area contributed by atoms with Crippen LogP contribution in [0.1, 0.15) is 18.9 Å². The SMILES string of the molecule is CCn1cc(CCCN2CCNCC2)c2ccc(F)cc21.COc1ccccc1. The normalized spacial score (nSPS) is 14.4. The highest BCUT2D eigenvalue weighted by molar-refractivity contribution is 5.84. The van der Waals surface area contributed by atoms with Crippen LogP contribution in [0.3, 0.4) is 0 Å². The van der Waals surface area contributed by atoms with Gasteiger partial charge in [-0.15, -0.1) is 0 Å². The standard InChI is InChI=1S/C17H24FN3.C7H8O/c1-2-21-13-14(16-6-5-15(18)12-17(16)21)4-3-9-20-10-7-19-8-11-20;1-8-7-5-3-2-4-6-7/h5-6,12-13,19H,2-4,7-11H2,1H3;2-6H,1H3. The fourth-order valence-electron chi connectivity index (χ4n) is 3.79. The van der Waals surface area contributed by atoms with E-state index < -0.39 is 0 Å². The molecule has 1 aliphatic rings. The topological polar surface area (TPSA) is 29.4 Å². The second-order valence-corrected chi connectivity index (χ2v) is 7.31. The Morgan fingerprint density at radius 3 is 2.48 bits per heavy atom. The van der Waals surface area contributed by atoms with E-state index in [4.69, 9.17) is 4.74 Å². The summed E-state index contributed by atoms with van der Waals surface area (Å²) in [6.45, 7) is 8.67. The molecule has 29 heavy (non-hydrogen) atoms. The number of para-hydroxylation sites is 1. The zero-order chi connectivity index (χ0) is 20.5. The number of aryl methyl sites for hydroxylation is 2. The van der Waals surface area contributed by atoms with Crippen molar-refractivity contribution in [1.29, 1.82) is 0 Å². The number of methoxy groups -OCH3 is 1. The zero-order valence-corrected chi connectivity index (χ0v) is 17.5. The van der Waals surface area contributed by atoms with Gasteiger partial charge in [-0.1, -0.05) is 18.2 Å². The monoisotopic (exact) mass is 397 g/mol. The molecular formula is C24H32FN3O. The molecule has 0 bridgehead atoms. The highest BCUT2D eigenvalue weighted by Crippen LogP contribution is 2.23. The molecule has 0 unspecified atom stereocenters. The minimum Gasteiger partial charge on any atom is -0.497 e. The Balaban J connectivity index is 0.000000252. The number of piperazine rings is 1. The van der Waals surface area contributed by atoms with Crippen molar-refractivity contribution in [2.45, 2.75) is 26.3 Å². The van der Waals surface area contributed by atoms with Gasteiger partial charge in [-0.05, 0) is 62.2 Å². The number of nitrogens with zero attached hydrogens (tertiary/aromatic N) is 2. The maximum atomic E-state index is 13.4. The molecule has 0 aliphatic carbocycles. The highest BCUT2D eigenvalue weighted by atomic mass is 19.1. The van der Waals surface area contributed by atoms with Crippen molar-refractivity contribution in [3.8, 4) is 5.75 Å². The van der Waals surface area contributed by atoms with Crippen LogP contribution in [0.4, 0.5) is 4.39 Å². The summed E-state index contributed by atoms with van der Waals surface area (Å²) in [5, 5.41) is 4.59. The van der Waals surface area contributed by atoms with Crippen LogP contribution in [-0.4, -0.2) is 49.3 Å². The van der Waals surface area contributed by atoms with E-state index in [1.54, 1.807) is 19.2 Å². The zero-order valence-electron chi connectivity index (χ0n) is 17.5. The summed E-state index contributed by atoms with van der Waals surface area (Å²) >= 11 is 0. The summed E-state index contributed by atoms with van der Waals surface area (Å²) in [4.78, 5) is 2.52. The molecule has 5 heteroatoms. The second-order valence-electron chi connectivity index (χ2n) is 7.31.